The second kappa shape index (κ2) is 7.92. The Hall–Kier alpha value is -0.910. The minimum absolute atomic E-state index is 0.0708. The molecule has 1 aliphatic rings. The lowest BCUT2D eigenvalue weighted by Crippen LogP contribution is -2.33. The first-order chi connectivity index (χ1) is 10.1. The van der Waals surface area contributed by atoms with Gasteiger partial charge in [-0.3, -0.25) is 0 Å². The molecule has 1 fully saturated rings. The summed E-state index contributed by atoms with van der Waals surface area (Å²) in [5.74, 6) is 0.616. The van der Waals surface area contributed by atoms with Crippen molar-refractivity contribution in [2.45, 2.75) is 44.9 Å². The Labute approximate surface area is 128 Å². The van der Waals surface area contributed by atoms with Crippen LogP contribution in [0.25, 0.3) is 0 Å². The van der Waals surface area contributed by atoms with Crippen molar-refractivity contribution in [2.24, 2.45) is 5.92 Å². The van der Waals surface area contributed by atoms with Crippen LogP contribution >= 0.6 is 0 Å². The van der Waals surface area contributed by atoms with Crippen LogP contribution in [0.3, 0.4) is 0 Å². The van der Waals surface area contributed by atoms with Crippen molar-refractivity contribution in [3.05, 3.63) is 35.4 Å². The molecule has 0 atom stereocenters. The Bertz CT molecular complexity index is 539. The Balaban J connectivity index is 1.86. The highest BCUT2D eigenvalue weighted by Crippen LogP contribution is 2.25. The molecule has 4 nitrogen and oxygen atoms in total. The predicted octanol–water partition coefficient (Wildman–Crippen LogP) is 2.41. The normalized spacial score (nSPS) is 15.9. The molecule has 5 heteroatoms. The van der Waals surface area contributed by atoms with E-state index in [0.717, 1.165) is 43.5 Å². The van der Waals surface area contributed by atoms with E-state index in [1.54, 1.807) is 0 Å². The SMILES string of the molecule is CCCNCc1cccc(CS(=O)(=O)NCC2CCC2)c1. The van der Waals surface area contributed by atoms with Gasteiger partial charge in [0.25, 0.3) is 0 Å². The van der Waals surface area contributed by atoms with E-state index in [0.29, 0.717) is 12.5 Å². The van der Waals surface area contributed by atoms with Crippen LogP contribution in [-0.4, -0.2) is 21.5 Å². The standard InChI is InChI=1S/C16H26N2O2S/c1-2-9-17-11-15-7-4-8-16(10-15)13-21(19,20)18-12-14-5-3-6-14/h4,7-8,10,14,17-18H,2-3,5-6,9,11-13H2,1H3. The van der Waals surface area contributed by atoms with Crippen LogP contribution in [0.15, 0.2) is 24.3 Å². The molecular formula is C16H26N2O2S. The predicted molar refractivity (Wildman–Crippen MR) is 86.4 cm³/mol. The van der Waals surface area contributed by atoms with Gasteiger partial charge in [0.05, 0.1) is 5.75 Å². The molecule has 0 saturated heterocycles. The molecule has 0 amide bonds. The van der Waals surface area contributed by atoms with Gasteiger partial charge in [0.2, 0.25) is 10.0 Å². The number of hydrogen-bond acceptors (Lipinski definition) is 3. The smallest absolute Gasteiger partial charge is 0.215 e. The summed E-state index contributed by atoms with van der Waals surface area (Å²) >= 11 is 0. The van der Waals surface area contributed by atoms with Crippen molar-refractivity contribution >= 4 is 10.0 Å². The van der Waals surface area contributed by atoms with Gasteiger partial charge in [-0.05, 0) is 42.9 Å². The van der Waals surface area contributed by atoms with Crippen molar-refractivity contribution in [3.8, 4) is 0 Å². The first-order valence-electron chi connectivity index (χ1n) is 7.85. The maximum atomic E-state index is 12.1. The lowest BCUT2D eigenvalue weighted by molar-refractivity contribution is 0.316. The zero-order chi connectivity index (χ0) is 15.1. The van der Waals surface area contributed by atoms with Crippen LogP contribution in [0.5, 0.6) is 0 Å². The van der Waals surface area contributed by atoms with E-state index in [4.69, 9.17) is 0 Å². The molecule has 0 spiro atoms. The summed E-state index contributed by atoms with van der Waals surface area (Å²) in [6.45, 7) is 4.49. The summed E-state index contributed by atoms with van der Waals surface area (Å²) in [6.07, 6.45) is 4.64. The van der Waals surface area contributed by atoms with Gasteiger partial charge in [0.1, 0.15) is 0 Å². The molecule has 0 radical (unpaired) electrons. The third kappa shape index (κ3) is 5.77. The Kier molecular flexibility index (Phi) is 6.21. The summed E-state index contributed by atoms with van der Waals surface area (Å²) < 4.78 is 26.9. The number of rotatable bonds is 9. The second-order valence-electron chi connectivity index (χ2n) is 5.90. The third-order valence-corrected chi connectivity index (χ3v) is 5.24. The molecule has 0 aliphatic heterocycles. The van der Waals surface area contributed by atoms with Crippen molar-refractivity contribution in [2.75, 3.05) is 13.1 Å². The number of sulfonamides is 1. The van der Waals surface area contributed by atoms with E-state index in [1.807, 2.05) is 24.3 Å². The van der Waals surface area contributed by atoms with Crippen LogP contribution in [0, 0.1) is 5.92 Å². The Morgan fingerprint density at radius 1 is 1.24 bits per heavy atom. The van der Waals surface area contributed by atoms with Gasteiger partial charge < -0.3 is 5.32 Å². The van der Waals surface area contributed by atoms with Gasteiger partial charge in [-0.15, -0.1) is 0 Å². The highest BCUT2D eigenvalue weighted by atomic mass is 32.2. The summed E-state index contributed by atoms with van der Waals surface area (Å²) in [5, 5.41) is 3.33. The second-order valence-corrected chi connectivity index (χ2v) is 7.71. The molecule has 1 aromatic carbocycles. The van der Waals surface area contributed by atoms with E-state index < -0.39 is 10.0 Å². The summed E-state index contributed by atoms with van der Waals surface area (Å²) in [5.41, 5.74) is 1.99. The van der Waals surface area contributed by atoms with E-state index in [-0.39, 0.29) is 5.75 Å². The first kappa shape index (κ1) is 16.5. The molecule has 2 N–H and O–H groups in total. The molecule has 0 bridgehead atoms. The van der Waals surface area contributed by atoms with Crippen LogP contribution in [0.4, 0.5) is 0 Å². The van der Waals surface area contributed by atoms with Crippen LogP contribution in [-0.2, 0) is 22.3 Å². The minimum Gasteiger partial charge on any atom is -0.313 e. The minimum atomic E-state index is -3.22. The van der Waals surface area contributed by atoms with E-state index in [1.165, 1.54) is 6.42 Å². The third-order valence-electron chi connectivity index (χ3n) is 3.92. The van der Waals surface area contributed by atoms with Gasteiger partial charge in [-0.25, -0.2) is 13.1 Å². The molecule has 2 rings (SSSR count). The molecule has 1 aromatic rings. The molecule has 0 heterocycles. The number of nitrogens with one attached hydrogen (secondary N) is 2. The highest BCUT2D eigenvalue weighted by molar-refractivity contribution is 7.88. The van der Waals surface area contributed by atoms with Crippen molar-refractivity contribution < 1.29 is 8.42 Å². The van der Waals surface area contributed by atoms with Gasteiger partial charge in [0, 0.05) is 13.1 Å². The number of hydrogen-bond donors (Lipinski definition) is 2. The Morgan fingerprint density at radius 2 is 2.00 bits per heavy atom. The van der Waals surface area contributed by atoms with Gasteiger partial charge in [-0.1, -0.05) is 37.6 Å². The summed E-state index contributed by atoms with van der Waals surface area (Å²) in [4.78, 5) is 0. The molecule has 118 valence electrons. The van der Waals surface area contributed by atoms with Crippen molar-refractivity contribution in [1.29, 1.82) is 0 Å². The zero-order valence-electron chi connectivity index (χ0n) is 12.8. The fourth-order valence-electron chi connectivity index (χ4n) is 2.45. The lowest BCUT2D eigenvalue weighted by Gasteiger charge is -2.25. The van der Waals surface area contributed by atoms with E-state index in [2.05, 4.69) is 17.0 Å². The average molecular weight is 310 g/mol. The van der Waals surface area contributed by atoms with E-state index in [9.17, 15) is 8.42 Å². The maximum Gasteiger partial charge on any atom is 0.215 e. The molecule has 1 aliphatic carbocycles. The monoisotopic (exact) mass is 310 g/mol. The van der Waals surface area contributed by atoms with Crippen LogP contribution in [0.2, 0.25) is 0 Å². The quantitative estimate of drug-likeness (QED) is 0.689. The van der Waals surface area contributed by atoms with Crippen molar-refractivity contribution in [1.82, 2.24) is 10.0 Å². The summed E-state index contributed by atoms with van der Waals surface area (Å²) in [7, 11) is -3.22. The maximum absolute atomic E-state index is 12.1. The van der Waals surface area contributed by atoms with Gasteiger partial charge in [0.15, 0.2) is 0 Å². The summed E-state index contributed by atoms with van der Waals surface area (Å²) in [6, 6.07) is 7.82. The lowest BCUT2D eigenvalue weighted by atomic mass is 9.86. The van der Waals surface area contributed by atoms with E-state index >= 15 is 0 Å². The van der Waals surface area contributed by atoms with Crippen LogP contribution in [0.1, 0.15) is 43.7 Å². The highest BCUT2D eigenvalue weighted by Gasteiger charge is 2.20. The van der Waals surface area contributed by atoms with Gasteiger partial charge >= 0.3 is 0 Å². The number of benzene rings is 1. The fraction of sp³-hybridized carbons (Fsp3) is 0.625. The molecular weight excluding hydrogens is 284 g/mol. The van der Waals surface area contributed by atoms with Gasteiger partial charge in [-0.2, -0.15) is 0 Å². The fourth-order valence-corrected chi connectivity index (χ4v) is 3.66. The largest absolute Gasteiger partial charge is 0.313 e. The molecule has 0 aromatic heterocycles. The molecule has 1 saturated carbocycles. The topological polar surface area (TPSA) is 58.2 Å². The van der Waals surface area contributed by atoms with Crippen molar-refractivity contribution in [3.63, 3.8) is 0 Å². The zero-order valence-corrected chi connectivity index (χ0v) is 13.6. The Morgan fingerprint density at radius 3 is 2.67 bits per heavy atom. The average Bonchev–Trinajstić information content (AvgIpc) is 2.37. The first-order valence-corrected chi connectivity index (χ1v) is 9.50. The molecule has 0 unspecified atom stereocenters. The molecule has 21 heavy (non-hydrogen) atoms. The van der Waals surface area contributed by atoms with Crippen LogP contribution < -0.4 is 10.0 Å².